The van der Waals surface area contributed by atoms with Crippen molar-refractivity contribution in [3.63, 3.8) is 0 Å². The van der Waals surface area contributed by atoms with Gasteiger partial charge in [-0.1, -0.05) is 6.07 Å². The van der Waals surface area contributed by atoms with Crippen LogP contribution in [0.2, 0.25) is 0 Å². The fourth-order valence-electron chi connectivity index (χ4n) is 3.31. The highest BCUT2D eigenvalue weighted by Gasteiger charge is 2.53. The van der Waals surface area contributed by atoms with Gasteiger partial charge in [-0.2, -0.15) is 0 Å². The molecule has 0 radical (unpaired) electrons. The summed E-state index contributed by atoms with van der Waals surface area (Å²) in [7, 11) is 0. The molecule has 7 nitrogen and oxygen atoms in total. The van der Waals surface area contributed by atoms with Gasteiger partial charge in [-0.3, -0.25) is 4.79 Å². The van der Waals surface area contributed by atoms with Crippen LogP contribution in [0.4, 0.5) is 0 Å². The normalized spacial score (nSPS) is 24.0. The van der Waals surface area contributed by atoms with Crippen LogP contribution >= 0.6 is 0 Å². The Morgan fingerprint density at radius 3 is 2.79 bits per heavy atom. The van der Waals surface area contributed by atoms with Gasteiger partial charge in [0.15, 0.2) is 5.60 Å². The van der Waals surface area contributed by atoms with Crippen molar-refractivity contribution in [1.82, 2.24) is 0 Å². The molecule has 0 bridgehead atoms. The molecule has 7 heteroatoms. The molecular weight excluding hydrogens is 316 g/mol. The zero-order chi connectivity index (χ0) is 16.6. The van der Waals surface area contributed by atoms with Crippen molar-refractivity contribution in [2.45, 2.75) is 11.9 Å². The third kappa shape index (κ3) is 1.38. The number of phenolic OH excluding ortho intramolecular Hbond substituents is 2. The van der Waals surface area contributed by atoms with E-state index < -0.39 is 23.1 Å². The first kappa shape index (κ1) is 13.3. The SMILES string of the molecule is O=c1c2c(O)cccc2oc2cc3c(c(O)c12)[C@@]1(O)C=CO[C@@H]1O3. The highest BCUT2D eigenvalue weighted by atomic mass is 16.7. The molecule has 3 aromatic rings. The average molecular weight is 326 g/mol. The largest absolute Gasteiger partial charge is 0.507 e. The fraction of sp³-hybridized carbons (Fsp3) is 0.118. The summed E-state index contributed by atoms with van der Waals surface area (Å²) < 4.78 is 16.3. The van der Waals surface area contributed by atoms with Gasteiger partial charge in [0.05, 0.1) is 11.8 Å². The topological polar surface area (TPSA) is 109 Å². The van der Waals surface area contributed by atoms with Crippen LogP contribution < -0.4 is 10.2 Å². The predicted octanol–water partition coefficient (Wildman–Crippen LogP) is 1.81. The Morgan fingerprint density at radius 2 is 1.96 bits per heavy atom. The third-order valence-electron chi connectivity index (χ3n) is 4.42. The van der Waals surface area contributed by atoms with E-state index in [0.717, 1.165) is 0 Å². The second-order valence-electron chi connectivity index (χ2n) is 5.77. The molecule has 0 amide bonds. The molecule has 2 aliphatic heterocycles. The molecule has 2 aliphatic rings. The number of fused-ring (bicyclic) bond motifs is 5. The van der Waals surface area contributed by atoms with Gasteiger partial charge >= 0.3 is 0 Å². The lowest BCUT2D eigenvalue weighted by Crippen LogP contribution is -2.33. The Kier molecular flexibility index (Phi) is 2.22. The minimum Gasteiger partial charge on any atom is -0.507 e. The van der Waals surface area contributed by atoms with Gasteiger partial charge in [-0.25, -0.2) is 0 Å². The molecule has 3 heterocycles. The first-order valence-corrected chi connectivity index (χ1v) is 7.18. The number of hydrogen-bond acceptors (Lipinski definition) is 7. The van der Waals surface area contributed by atoms with Crippen molar-refractivity contribution >= 4 is 21.9 Å². The second kappa shape index (κ2) is 4.01. The van der Waals surface area contributed by atoms with Gasteiger partial charge in [0, 0.05) is 6.07 Å². The molecule has 2 aromatic carbocycles. The first-order chi connectivity index (χ1) is 11.5. The quantitative estimate of drug-likeness (QED) is 0.540. The third-order valence-corrected chi connectivity index (χ3v) is 4.42. The summed E-state index contributed by atoms with van der Waals surface area (Å²) in [5, 5.41) is 31.1. The van der Waals surface area contributed by atoms with Gasteiger partial charge in [0.1, 0.15) is 39.2 Å². The summed E-state index contributed by atoms with van der Waals surface area (Å²) in [5.41, 5.74) is -1.98. The lowest BCUT2D eigenvalue weighted by Gasteiger charge is -2.18. The van der Waals surface area contributed by atoms with Crippen LogP contribution in [-0.2, 0) is 10.3 Å². The molecule has 2 atom stereocenters. The van der Waals surface area contributed by atoms with Gasteiger partial charge in [0.2, 0.25) is 5.43 Å². The fourth-order valence-corrected chi connectivity index (χ4v) is 3.31. The van der Waals surface area contributed by atoms with Crippen LogP contribution in [0.5, 0.6) is 17.2 Å². The summed E-state index contributed by atoms with van der Waals surface area (Å²) in [6.07, 6.45) is 1.58. The Balaban J connectivity index is 1.97. The number of hydrogen-bond donors (Lipinski definition) is 3. The van der Waals surface area contributed by atoms with Gasteiger partial charge < -0.3 is 29.2 Å². The summed E-state index contributed by atoms with van der Waals surface area (Å²) in [4.78, 5) is 12.8. The predicted molar refractivity (Wildman–Crippen MR) is 81.9 cm³/mol. The Bertz CT molecular complexity index is 1130. The molecule has 3 N–H and O–H groups in total. The van der Waals surface area contributed by atoms with Crippen molar-refractivity contribution in [3.8, 4) is 17.2 Å². The van der Waals surface area contributed by atoms with Crippen LogP contribution in [0, 0.1) is 0 Å². The van der Waals surface area contributed by atoms with Crippen LogP contribution in [0.15, 0.2) is 45.8 Å². The van der Waals surface area contributed by atoms with E-state index in [-0.39, 0.29) is 39.0 Å². The number of aliphatic hydroxyl groups is 1. The number of ether oxygens (including phenoxy) is 2. The van der Waals surface area contributed by atoms with Gasteiger partial charge in [-0.05, 0) is 18.2 Å². The molecule has 0 saturated heterocycles. The number of aromatic hydroxyl groups is 2. The van der Waals surface area contributed by atoms with E-state index in [2.05, 4.69) is 0 Å². The summed E-state index contributed by atoms with van der Waals surface area (Å²) >= 11 is 0. The van der Waals surface area contributed by atoms with E-state index in [1.54, 1.807) is 6.07 Å². The van der Waals surface area contributed by atoms with E-state index in [4.69, 9.17) is 13.9 Å². The monoisotopic (exact) mass is 326 g/mol. The van der Waals surface area contributed by atoms with Crippen molar-refractivity contribution in [1.29, 1.82) is 0 Å². The van der Waals surface area contributed by atoms with Crippen LogP contribution in [0.1, 0.15) is 5.56 Å². The van der Waals surface area contributed by atoms with E-state index in [1.807, 2.05) is 0 Å². The molecule has 1 aromatic heterocycles. The summed E-state index contributed by atoms with van der Waals surface area (Å²) in [6, 6.07) is 5.86. The molecule has 24 heavy (non-hydrogen) atoms. The first-order valence-electron chi connectivity index (χ1n) is 7.18. The van der Waals surface area contributed by atoms with Gasteiger partial charge in [0.25, 0.3) is 6.29 Å². The maximum atomic E-state index is 12.8. The van der Waals surface area contributed by atoms with E-state index in [1.165, 1.54) is 30.5 Å². The number of rotatable bonds is 0. The standard InChI is InChI=1S/C17H10O7/c18-7-2-1-3-8-11(7)14(19)12-9(23-8)6-10-13(15(12)20)17(21)4-5-22-16(17)24-10/h1-6,16,18,20-21H/t16-,17+/m1/s1. The highest BCUT2D eigenvalue weighted by molar-refractivity contribution is 5.97. The molecule has 0 fully saturated rings. The van der Waals surface area contributed by atoms with Crippen molar-refractivity contribution < 1.29 is 29.2 Å². The van der Waals surface area contributed by atoms with E-state index >= 15 is 0 Å². The lowest BCUT2D eigenvalue weighted by atomic mass is 9.93. The van der Waals surface area contributed by atoms with Crippen molar-refractivity contribution in [2.75, 3.05) is 0 Å². The Hall–Kier alpha value is -3.19. The van der Waals surface area contributed by atoms with E-state index in [0.29, 0.717) is 0 Å². The molecule has 0 unspecified atom stereocenters. The van der Waals surface area contributed by atoms with Crippen LogP contribution in [0.3, 0.4) is 0 Å². The summed E-state index contributed by atoms with van der Waals surface area (Å²) in [5.74, 6) is -0.541. The molecule has 0 aliphatic carbocycles. The van der Waals surface area contributed by atoms with Crippen LogP contribution in [0.25, 0.3) is 21.9 Å². The van der Waals surface area contributed by atoms with Crippen molar-refractivity contribution in [2.24, 2.45) is 0 Å². The smallest absolute Gasteiger partial charge is 0.277 e. The molecular formula is C17H10O7. The maximum absolute atomic E-state index is 12.8. The Morgan fingerprint density at radius 1 is 1.12 bits per heavy atom. The average Bonchev–Trinajstić information content (AvgIpc) is 3.00. The minimum atomic E-state index is -1.69. The minimum absolute atomic E-state index is 0.0378. The number of phenols is 2. The zero-order valence-electron chi connectivity index (χ0n) is 12.0. The second-order valence-corrected chi connectivity index (χ2v) is 5.77. The molecule has 0 saturated carbocycles. The highest BCUT2D eigenvalue weighted by Crippen LogP contribution is 2.52. The molecule has 120 valence electrons. The molecule has 0 spiro atoms. The number of benzene rings is 2. The Labute approximate surface area is 133 Å². The van der Waals surface area contributed by atoms with E-state index in [9.17, 15) is 20.1 Å². The van der Waals surface area contributed by atoms with Crippen molar-refractivity contribution in [3.05, 3.63) is 52.4 Å². The summed E-state index contributed by atoms with van der Waals surface area (Å²) in [6.45, 7) is 0. The van der Waals surface area contributed by atoms with Gasteiger partial charge in [-0.15, -0.1) is 0 Å². The lowest BCUT2D eigenvalue weighted by molar-refractivity contribution is -0.110. The van der Waals surface area contributed by atoms with Crippen LogP contribution in [-0.4, -0.2) is 21.6 Å². The zero-order valence-corrected chi connectivity index (χ0v) is 12.0. The molecule has 5 rings (SSSR count). The maximum Gasteiger partial charge on any atom is 0.277 e.